The lowest BCUT2D eigenvalue weighted by Crippen LogP contribution is -2.50. The quantitative estimate of drug-likeness (QED) is 0.278. The lowest BCUT2D eigenvalue weighted by molar-refractivity contribution is -0.132. The summed E-state index contributed by atoms with van der Waals surface area (Å²) < 4.78 is 16.8. The maximum absolute atomic E-state index is 14.2. The van der Waals surface area contributed by atoms with E-state index in [9.17, 15) is 14.4 Å². The molecular weight excluding hydrogens is 647 g/mol. The minimum atomic E-state index is -0.924. The molecular formula is C33H42Cl2N6O6. The van der Waals surface area contributed by atoms with Crippen molar-refractivity contribution >= 4 is 41.7 Å². The predicted octanol–water partition coefficient (Wildman–Crippen LogP) is 3.50. The van der Waals surface area contributed by atoms with E-state index in [0.29, 0.717) is 85.9 Å². The van der Waals surface area contributed by atoms with E-state index in [1.807, 2.05) is 24.3 Å². The molecule has 3 aromatic rings. The molecule has 2 aromatic carbocycles. The van der Waals surface area contributed by atoms with Crippen LogP contribution in [0.1, 0.15) is 43.6 Å². The molecule has 0 spiro atoms. The van der Waals surface area contributed by atoms with Gasteiger partial charge in [0, 0.05) is 49.6 Å². The fraction of sp³-hybridized carbons (Fsp3) is 0.485. The molecule has 2 bridgehead atoms. The highest BCUT2D eigenvalue weighted by molar-refractivity contribution is 6.30. The molecule has 1 aliphatic heterocycles. The van der Waals surface area contributed by atoms with Gasteiger partial charge in [-0.3, -0.25) is 14.4 Å². The Morgan fingerprint density at radius 1 is 1.09 bits per heavy atom. The van der Waals surface area contributed by atoms with E-state index in [1.54, 1.807) is 18.2 Å². The van der Waals surface area contributed by atoms with Crippen molar-refractivity contribution in [1.29, 1.82) is 0 Å². The number of aromatic nitrogens is 2. The average molecular weight is 690 g/mol. The largest absolute Gasteiger partial charge is 0.493 e. The van der Waals surface area contributed by atoms with E-state index >= 15 is 0 Å². The third-order valence-electron chi connectivity index (χ3n) is 8.19. The van der Waals surface area contributed by atoms with Crippen LogP contribution in [0.5, 0.6) is 11.5 Å². The molecule has 47 heavy (non-hydrogen) atoms. The molecule has 2 heterocycles. The minimum Gasteiger partial charge on any atom is -0.493 e. The average Bonchev–Trinajstić information content (AvgIpc) is 3.75. The van der Waals surface area contributed by atoms with Crippen molar-refractivity contribution < 1.29 is 28.4 Å². The van der Waals surface area contributed by atoms with Crippen molar-refractivity contribution in [2.75, 3.05) is 46.4 Å². The second-order valence-corrected chi connectivity index (χ2v) is 12.3. The van der Waals surface area contributed by atoms with Crippen LogP contribution < -0.4 is 30.7 Å². The Labute approximate surface area is 285 Å². The molecule has 4 N–H and O–H groups in total. The highest BCUT2D eigenvalue weighted by Crippen LogP contribution is 2.43. The number of hydrogen-bond acceptors (Lipinski definition) is 9. The molecule has 1 atom stereocenters. The Morgan fingerprint density at radius 3 is 2.66 bits per heavy atom. The van der Waals surface area contributed by atoms with Crippen LogP contribution >= 0.6 is 24.0 Å². The van der Waals surface area contributed by atoms with Gasteiger partial charge in [0.05, 0.1) is 12.5 Å². The lowest BCUT2D eigenvalue weighted by Gasteiger charge is -2.33. The Kier molecular flexibility index (Phi) is 13.3. The zero-order chi connectivity index (χ0) is 32.4. The number of hydrogen-bond donors (Lipinski definition) is 4. The topological polar surface area (TPSA) is 157 Å². The molecule has 0 saturated heterocycles. The molecule has 1 saturated carbocycles. The number of rotatable bonds is 8. The summed E-state index contributed by atoms with van der Waals surface area (Å²) in [7, 11) is 1.54. The van der Waals surface area contributed by atoms with Gasteiger partial charge in [-0.25, -0.2) is 0 Å². The fourth-order valence-corrected chi connectivity index (χ4v) is 5.68. The van der Waals surface area contributed by atoms with Crippen molar-refractivity contribution in [3.8, 4) is 22.9 Å². The molecule has 2 aliphatic rings. The number of nitrogens with zero attached hydrogens (tertiary/aromatic N) is 2. The molecule has 1 unspecified atom stereocenters. The Bertz CT molecular complexity index is 1500. The number of carbonyl (C=O) groups is 3. The van der Waals surface area contributed by atoms with E-state index in [2.05, 4.69) is 31.4 Å². The standard InChI is InChI=1S/C33H41ClN6O6.ClH/c1-44-26-11-6-23-17-27(26)45-20-29(42)36-16-15-35-13-2-3-28(41)38-21-33(19-23,18-22-4-5-22)32(43)37-14-12-30-39-31(40-46-30)24-7-9-25(34)10-8-24;/h6-11,17,22,35H,2-5,12-16,18-21H2,1H3,(H,36,42)(H,37,43)(H,38,41);1H. The summed E-state index contributed by atoms with van der Waals surface area (Å²) in [5.41, 5.74) is 0.683. The number of fused-ring (bicyclic) bond motifs is 2. The highest BCUT2D eigenvalue weighted by atomic mass is 35.5. The summed E-state index contributed by atoms with van der Waals surface area (Å²) in [5.74, 6) is 1.60. The molecule has 1 aromatic heterocycles. The SMILES string of the molecule is COc1ccc2cc1OCC(=O)NCCNCCCC(=O)NCC(CC1CC1)(C(=O)NCCc1nc(-c3ccc(Cl)cc3)no1)C2.Cl. The van der Waals surface area contributed by atoms with Crippen molar-refractivity contribution in [2.45, 2.75) is 44.9 Å². The van der Waals surface area contributed by atoms with Crippen molar-refractivity contribution in [3.05, 3.63) is 58.9 Å². The summed E-state index contributed by atoms with van der Waals surface area (Å²) in [6, 6.07) is 12.6. The van der Waals surface area contributed by atoms with Crippen LogP contribution in [0, 0.1) is 11.3 Å². The van der Waals surface area contributed by atoms with Gasteiger partial charge in [0.1, 0.15) is 0 Å². The molecule has 14 heteroatoms. The molecule has 0 radical (unpaired) electrons. The number of ether oxygens (including phenoxy) is 2. The van der Waals surface area contributed by atoms with E-state index in [4.69, 9.17) is 25.6 Å². The third-order valence-corrected chi connectivity index (χ3v) is 8.44. The van der Waals surface area contributed by atoms with Gasteiger partial charge in [-0.05, 0) is 73.7 Å². The first-order chi connectivity index (χ1) is 22.3. The first kappa shape index (κ1) is 36.0. The van der Waals surface area contributed by atoms with Gasteiger partial charge in [0.2, 0.25) is 23.5 Å². The van der Waals surface area contributed by atoms with Crippen LogP contribution in [0.4, 0.5) is 0 Å². The minimum absolute atomic E-state index is 0. The number of benzene rings is 2. The Balaban J connectivity index is 0.00000500. The van der Waals surface area contributed by atoms with Gasteiger partial charge in [-0.1, -0.05) is 35.7 Å². The molecule has 1 aliphatic carbocycles. The molecule has 3 amide bonds. The van der Waals surface area contributed by atoms with Crippen LogP contribution in [0.3, 0.4) is 0 Å². The Morgan fingerprint density at radius 2 is 1.89 bits per heavy atom. The fourth-order valence-electron chi connectivity index (χ4n) is 5.55. The van der Waals surface area contributed by atoms with E-state index in [-0.39, 0.29) is 49.8 Å². The van der Waals surface area contributed by atoms with Crippen molar-refractivity contribution in [1.82, 2.24) is 31.4 Å². The summed E-state index contributed by atoms with van der Waals surface area (Å²) in [5, 5.41) is 16.9. The summed E-state index contributed by atoms with van der Waals surface area (Å²) in [6.07, 6.45) is 4.35. The van der Waals surface area contributed by atoms with E-state index in [0.717, 1.165) is 24.0 Å². The van der Waals surface area contributed by atoms with Crippen LogP contribution in [-0.2, 0) is 27.2 Å². The Hall–Kier alpha value is -3.87. The van der Waals surface area contributed by atoms with Gasteiger partial charge >= 0.3 is 0 Å². The normalized spacial score (nSPS) is 19.5. The van der Waals surface area contributed by atoms with Crippen LogP contribution in [-0.4, -0.2) is 74.3 Å². The number of nitrogens with one attached hydrogen (secondary N) is 4. The number of halogens is 2. The number of amides is 3. The van der Waals surface area contributed by atoms with Crippen LogP contribution in [0.2, 0.25) is 5.02 Å². The molecule has 5 rings (SSSR count). The first-order valence-electron chi connectivity index (χ1n) is 15.7. The first-order valence-corrected chi connectivity index (χ1v) is 16.1. The summed E-state index contributed by atoms with van der Waals surface area (Å²) in [4.78, 5) is 44.0. The van der Waals surface area contributed by atoms with Gasteiger partial charge in [0.25, 0.3) is 5.91 Å². The van der Waals surface area contributed by atoms with Crippen molar-refractivity contribution in [3.63, 3.8) is 0 Å². The molecule has 254 valence electrons. The van der Waals surface area contributed by atoms with Gasteiger partial charge in [-0.2, -0.15) is 4.98 Å². The number of methoxy groups -OCH3 is 1. The van der Waals surface area contributed by atoms with E-state index < -0.39 is 5.41 Å². The second kappa shape index (κ2) is 17.3. The van der Waals surface area contributed by atoms with Crippen LogP contribution in [0.25, 0.3) is 11.4 Å². The lowest BCUT2D eigenvalue weighted by atomic mass is 9.75. The summed E-state index contributed by atoms with van der Waals surface area (Å²) >= 11 is 5.99. The highest BCUT2D eigenvalue weighted by Gasteiger charge is 2.43. The summed E-state index contributed by atoms with van der Waals surface area (Å²) in [6.45, 7) is 1.94. The third kappa shape index (κ3) is 10.6. The van der Waals surface area contributed by atoms with Crippen LogP contribution in [0.15, 0.2) is 47.0 Å². The van der Waals surface area contributed by atoms with Gasteiger partial charge in [0.15, 0.2) is 18.1 Å². The molecule has 12 nitrogen and oxygen atoms in total. The predicted molar refractivity (Wildman–Crippen MR) is 179 cm³/mol. The smallest absolute Gasteiger partial charge is 0.257 e. The number of carbonyl (C=O) groups excluding carboxylic acids is 3. The maximum atomic E-state index is 14.2. The zero-order valence-electron chi connectivity index (χ0n) is 26.4. The molecule has 1 fully saturated rings. The van der Waals surface area contributed by atoms with Gasteiger partial charge in [-0.15, -0.1) is 12.4 Å². The maximum Gasteiger partial charge on any atom is 0.257 e. The monoisotopic (exact) mass is 688 g/mol. The second-order valence-electron chi connectivity index (χ2n) is 11.9. The van der Waals surface area contributed by atoms with Gasteiger partial charge < -0.3 is 35.3 Å². The zero-order valence-corrected chi connectivity index (χ0v) is 28.0. The van der Waals surface area contributed by atoms with E-state index in [1.165, 1.54) is 7.11 Å². The van der Waals surface area contributed by atoms with Crippen molar-refractivity contribution in [2.24, 2.45) is 11.3 Å².